The molecule has 39 heavy (non-hydrogen) atoms. The quantitative estimate of drug-likeness (QED) is 0.141. The van der Waals surface area contributed by atoms with Crippen LogP contribution >= 0.6 is 15.9 Å². The topological polar surface area (TPSA) is 41.5 Å². The Kier molecular flexibility index (Phi) is 9.17. The van der Waals surface area contributed by atoms with Crippen molar-refractivity contribution in [3.05, 3.63) is 136 Å². The molecule has 0 spiro atoms. The van der Waals surface area contributed by atoms with Gasteiger partial charge in [-0.05, 0) is 74.9 Å². The fraction of sp³-hybridized carbons (Fsp3) is 0.294. The number of phenols is 1. The van der Waals surface area contributed by atoms with E-state index >= 15 is 0 Å². The maximum absolute atomic E-state index is 10.1. The third kappa shape index (κ3) is 6.72. The maximum atomic E-state index is 10.1. The second-order valence-corrected chi connectivity index (χ2v) is 17.4. The molecule has 0 unspecified atom stereocenters. The van der Waals surface area contributed by atoms with Gasteiger partial charge in [-0.1, -0.05) is 118 Å². The first-order valence-corrected chi connectivity index (χ1v) is 17.3. The molecule has 0 saturated heterocycles. The number of rotatable bonds is 10. The van der Waals surface area contributed by atoms with Gasteiger partial charge in [0, 0.05) is 12.6 Å². The monoisotopic (exact) mass is 601 g/mol. The molecule has 5 heteroatoms. The van der Waals surface area contributed by atoms with Gasteiger partial charge in [0.05, 0.1) is 10.0 Å². The summed E-state index contributed by atoms with van der Waals surface area (Å²) in [6, 6.07) is 37.8. The number of benzene rings is 4. The molecule has 4 aromatic rings. The van der Waals surface area contributed by atoms with Gasteiger partial charge in [0.1, 0.15) is 5.75 Å². The summed E-state index contributed by atoms with van der Waals surface area (Å²) in [5.41, 5.74) is 4.04. The summed E-state index contributed by atoms with van der Waals surface area (Å²) < 4.78 is 7.55. The summed E-state index contributed by atoms with van der Waals surface area (Å²) >= 11 is 3.51. The molecular weight excluding hydrogens is 562 g/mol. The van der Waals surface area contributed by atoms with Crippen LogP contribution in [0, 0.1) is 0 Å². The van der Waals surface area contributed by atoms with Crippen LogP contribution < -0.4 is 5.32 Å². The molecule has 0 aliphatic carbocycles. The van der Waals surface area contributed by atoms with Crippen molar-refractivity contribution in [3.8, 4) is 5.75 Å². The van der Waals surface area contributed by atoms with Crippen molar-refractivity contribution < 1.29 is 9.53 Å². The van der Waals surface area contributed by atoms with Crippen LogP contribution in [0.1, 0.15) is 43.0 Å². The van der Waals surface area contributed by atoms with Gasteiger partial charge in [0.2, 0.25) is 0 Å². The lowest BCUT2D eigenvalue weighted by atomic mass is 9.76. The molecule has 2 N–H and O–H groups in total. The van der Waals surface area contributed by atoms with Gasteiger partial charge in [0.15, 0.2) is 8.32 Å². The van der Waals surface area contributed by atoms with E-state index in [1.54, 1.807) is 6.07 Å². The molecule has 3 nitrogen and oxygen atoms in total. The lowest BCUT2D eigenvalue weighted by Crippen LogP contribution is -2.54. The van der Waals surface area contributed by atoms with Gasteiger partial charge in [0.25, 0.3) is 0 Å². The van der Waals surface area contributed by atoms with Crippen LogP contribution in [-0.2, 0) is 16.4 Å². The van der Waals surface area contributed by atoms with Crippen molar-refractivity contribution in [2.24, 2.45) is 0 Å². The molecule has 0 amide bonds. The first-order chi connectivity index (χ1) is 18.5. The SMILES string of the molecule is CC(C)(C)[Si](C)(C)OC[C@H](Cc1ccc(O)c(Br)c1)NC(c1ccccc1)(c1ccccc1)c1ccccc1. The maximum Gasteiger partial charge on any atom is 0.192 e. The second kappa shape index (κ2) is 12.2. The zero-order chi connectivity index (χ0) is 28.1. The minimum atomic E-state index is -2.01. The minimum absolute atomic E-state index is 0.0174. The lowest BCUT2D eigenvalue weighted by Gasteiger charge is -2.42. The van der Waals surface area contributed by atoms with E-state index in [1.807, 2.05) is 12.1 Å². The molecule has 0 aromatic heterocycles. The van der Waals surface area contributed by atoms with Gasteiger partial charge < -0.3 is 9.53 Å². The van der Waals surface area contributed by atoms with E-state index in [1.165, 1.54) is 16.7 Å². The number of phenolic OH excluding ortho intramolecular Hbond substituents is 1. The molecule has 4 aromatic carbocycles. The van der Waals surface area contributed by atoms with E-state index in [2.05, 4.69) is 146 Å². The van der Waals surface area contributed by atoms with Gasteiger partial charge in [-0.3, -0.25) is 5.32 Å². The molecule has 0 saturated carbocycles. The summed E-state index contributed by atoms with van der Waals surface area (Å²) in [4.78, 5) is 0. The number of halogens is 1. The Labute approximate surface area is 243 Å². The summed E-state index contributed by atoms with van der Waals surface area (Å²) in [5, 5.41) is 14.4. The molecule has 0 fully saturated rings. The van der Waals surface area contributed by atoms with E-state index in [4.69, 9.17) is 4.43 Å². The standard InChI is InChI=1S/C34H40BrNO2Si/c1-33(2,3)39(4,5)38-25-30(23-26-21-22-32(37)31(35)24-26)36-34(27-15-9-6-10-16-27,28-17-11-7-12-18-28)29-19-13-8-14-20-29/h6-22,24,30,36-37H,23,25H2,1-5H3/t30-/m0/s1. The van der Waals surface area contributed by atoms with Crippen LogP contribution in [0.25, 0.3) is 0 Å². The van der Waals surface area contributed by atoms with E-state index < -0.39 is 13.9 Å². The average molecular weight is 603 g/mol. The second-order valence-electron chi connectivity index (χ2n) is 11.8. The van der Waals surface area contributed by atoms with Crippen molar-refractivity contribution >= 4 is 24.2 Å². The van der Waals surface area contributed by atoms with Crippen LogP contribution in [0.3, 0.4) is 0 Å². The van der Waals surface area contributed by atoms with Gasteiger partial charge in [-0.25, -0.2) is 0 Å². The van der Waals surface area contributed by atoms with E-state index in [0.29, 0.717) is 11.1 Å². The smallest absolute Gasteiger partial charge is 0.192 e. The Morgan fingerprint density at radius 2 is 1.23 bits per heavy atom. The first kappa shape index (κ1) is 29.3. The number of nitrogens with one attached hydrogen (secondary N) is 1. The summed E-state index contributed by atoms with van der Waals surface area (Å²) in [7, 11) is -2.01. The number of hydrogen-bond acceptors (Lipinski definition) is 3. The lowest BCUT2D eigenvalue weighted by molar-refractivity contribution is 0.222. The van der Waals surface area contributed by atoms with Crippen molar-refractivity contribution in [1.82, 2.24) is 5.32 Å². The van der Waals surface area contributed by atoms with Crippen LogP contribution in [0.15, 0.2) is 114 Å². The zero-order valence-electron chi connectivity index (χ0n) is 23.6. The molecule has 4 rings (SSSR count). The minimum Gasteiger partial charge on any atom is -0.507 e. The number of aromatic hydroxyl groups is 1. The number of hydrogen-bond donors (Lipinski definition) is 2. The third-order valence-corrected chi connectivity index (χ3v) is 13.1. The van der Waals surface area contributed by atoms with Gasteiger partial charge in [-0.2, -0.15) is 0 Å². The largest absolute Gasteiger partial charge is 0.507 e. The summed E-state index contributed by atoms with van der Waals surface area (Å²) in [6.07, 6.45) is 0.738. The Hall–Kier alpha value is -2.70. The summed E-state index contributed by atoms with van der Waals surface area (Å²) in [5.74, 6) is 0.244. The fourth-order valence-corrected chi connectivity index (χ4v) is 6.24. The van der Waals surface area contributed by atoms with Crippen molar-refractivity contribution in [2.75, 3.05) is 6.61 Å². The molecular formula is C34H40BrNO2Si. The molecule has 204 valence electrons. The Morgan fingerprint density at radius 1 is 0.769 bits per heavy atom. The molecule has 0 heterocycles. The van der Waals surface area contributed by atoms with Crippen LogP contribution in [-0.4, -0.2) is 26.1 Å². The highest BCUT2D eigenvalue weighted by molar-refractivity contribution is 9.10. The Bertz CT molecular complexity index is 1240. The molecule has 1 atom stereocenters. The Morgan fingerprint density at radius 3 is 1.64 bits per heavy atom. The molecule has 0 radical (unpaired) electrons. The molecule has 0 aliphatic heterocycles. The highest BCUT2D eigenvalue weighted by Crippen LogP contribution is 2.39. The fourth-order valence-electron chi connectivity index (χ4n) is 4.76. The van der Waals surface area contributed by atoms with Crippen molar-refractivity contribution in [2.45, 2.75) is 56.9 Å². The normalized spacial score (nSPS) is 13.3. The van der Waals surface area contributed by atoms with E-state index in [9.17, 15) is 5.11 Å². The third-order valence-electron chi connectivity index (χ3n) is 7.99. The van der Waals surface area contributed by atoms with Crippen LogP contribution in [0.5, 0.6) is 5.75 Å². The molecule has 0 aliphatic rings. The van der Waals surface area contributed by atoms with Gasteiger partial charge in [-0.15, -0.1) is 0 Å². The van der Waals surface area contributed by atoms with E-state index in [-0.39, 0.29) is 16.8 Å². The Balaban J connectivity index is 1.85. The summed E-state index contributed by atoms with van der Waals surface area (Å²) in [6.45, 7) is 12.0. The highest BCUT2D eigenvalue weighted by atomic mass is 79.9. The van der Waals surface area contributed by atoms with Gasteiger partial charge >= 0.3 is 0 Å². The van der Waals surface area contributed by atoms with Crippen molar-refractivity contribution in [3.63, 3.8) is 0 Å². The molecule has 0 bridgehead atoms. The first-order valence-electron chi connectivity index (χ1n) is 13.6. The zero-order valence-corrected chi connectivity index (χ0v) is 26.2. The average Bonchev–Trinajstić information content (AvgIpc) is 2.93. The van der Waals surface area contributed by atoms with E-state index in [0.717, 1.165) is 12.0 Å². The highest BCUT2D eigenvalue weighted by Gasteiger charge is 2.41. The predicted octanol–water partition coefficient (Wildman–Crippen LogP) is 8.67. The van der Waals surface area contributed by atoms with Crippen LogP contribution in [0.2, 0.25) is 18.1 Å². The van der Waals surface area contributed by atoms with Crippen molar-refractivity contribution in [1.29, 1.82) is 0 Å². The predicted molar refractivity (Wildman–Crippen MR) is 169 cm³/mol. The van der Waals surface area contributed by atoms with Crippen LogP contribution in [0.4, 0.5) is 0 Å².